The van der Waals surface area contributed by atoms with E-state index in [2.05, 4.69) is 28.2 Å². The topological polar surface area (TPSA) is 63.8 Å². The number of aromatic nitrogens is 4. The van der Waals surface area contributed by atoms with Crippen molar-refractivity contribution in [2.45, 2.75) is 5.16 Å². The number of thiol groups is 1. The summed E-state index contributed by atoms with van der Waals surface area (Å²) in [6.07, 6.45) is 0. The normalized spacial score (nSPS) is 9.50. The first kappa shape index (κ1) is 11.5. The molecule has 1 N–H and O–H groups in total. The first-order valence-electron chi connectivity index (χ1n) is 3.54. The van der Waals surface area contributed by atoms with E-state index in [0.29, 0.717) is 5.16 Å². The van der Waals surface area contributed by atoms with Crippen molar-refractivity contribution in [3.63, 3.8) is 0 Å². The van der Waals surface area contributed by atoms with Gasteiger partial charge < -0.3 is 5.11 Å². The third-order valence-electron chi connectivity index (χ3n) is 1.55. The van der Waals surface area contributed by atoms with E-state index in [0.717, 1.165) is 5.69 Å². The average Bonchev–Trinajstić information content (AvgIpc) is 2.53. The molecule has 1 aromatic heterocycles. The summed E-state index contributed by atoms with van der Waals surface area (Å²) in [6.45, 7) is 0. The Bertz CT molecular complexity index is 416. The zero-order chi connectivity index (χ0) is 9.26. The predicted octanol–water partition coefficient (Wildman–Crippen LogP) is 0.00810. The molecule has 0 saturated heterocycles. The molecule has 0 amide bonds. The van der Waals surface area contributed by atoms with Gasteiger partial charge in [-0.05, 0) is 34.7 Å². The number of aromatic hydroxyl groups is 1. The van der Waals surface area contributed by atoms with Gasteiger partial charge in [0.1, 0.15) is 5.75 Å². The summed E-state index contributed by atoms with van der Waals surface area (Å²) in [5.41, 5.74) is 0.757. The molecule has 1 heterocycles. The quantitative estimate of drug-likeness (QED) is 0.522. The van der Waals surface area contributed by atoms with Crippen molar-refractivity contribution in [1.82, 2.24) is 20.2 Å². The summed E-state index contributed by atoms with van der Waals surface area (Å²) in [4.78, 5) is 0. The van der Waals surface area contributed by atoms with Gasteiger partial charge in [-0.15, -0.1) is 17.7 Å². The van der Waals surface area contributed by atoms with E-state index >= 15 is 0 Å². The van der Waals surface area contributed by atoms with Crippen LogP contribution >= 0.6 is 12.6 Å². The first-order chi connectivity index (χ1) is 6.27. The zero-order valence-corrected chi connectivity index (χ0v) is 7.39. The van der Waals surface area contributed by atoms with E-state index in [1.165, 1.54) is 4.68 Å². The van der Waals surface area contributed by atoms with Crippen molar-refractivity contribution < 1.29 is 5.11 Å². The Balaban J connectivity index is 0.000000980. The molecule has 0 aliphatic heterocycles. The van der Waals surface area contributed by atoms with Gasteiger partial charge in [-0.2, -0.15) is 4.68 Å². The standard InChI is InChI=1S/C7H6N4OS.Na.H/c12-6-3-1-5(2-4-6)11-7(13)8-9-10-11;;/h1-4,12H,(H,8,10,13);;. The Labute approximate surface area is 108 Å². The van der Waals surface area contributed by atoms with Crippen molar-refractivity contribution in [2.24, 2.45) is 0 Å². The molecule has 0 radical (unpaired) electrons. The van der Waals surface area contributed by atoms with Crippen LogP contribution in [0.4, 0.5) is 0 Å². The number of phenolic OH excluding ortho intramolecular Hbond substituents is 1. The zero-order valence-electron chi connectivity index (χ0n) is 6.49. The molecular formula is C7H7N4NaOS. The van der Waals surface area contributed by atoms with Gasteiger partial charge in [-0.3, -0.25) is 0 Å². The summed E-state index contributed by atoms with van der Waals surface area (Å²) >= 11 is 4.05. The molecular weight excluding hydrogens is 211 g/mol. The molecule has 14 heavy (non-hydrogen) atoms. The van der Waals surface area contributed by atoms with E-state index in [-0.39, 0.29) is 35.3 Å². The van der Waals surface area contributed by atoms with Crippen LogP contribution in [0.15, 0.2) is 29.4 Å². The Kier molecular flexibility index (Phi) is 3.94. The van der Waals surface area contributed by atoms with Crippen molar-refractivity contribution >= 4 is 42.2 Å². The Morgan fingerprint density at radius 3 is 2.36 bits per heavy atom. The van der Waals surface area contributed by atoms with E-state index in [1.54, 1.807) is 24.3 Å². The van der Waals surface area contributed by atoms with Gasteiger partial charge in [0.15, 0.2) is 0 Å². The van der Waals surface area contributed by atoms with E-state index < -0.39 is 0 Å². The van der Waals surface area contributed by atoms with Crippen LogP contribution < -0.4 is 0 Å². The van der Waals surface area contributed by atoms with Crippen molar-refractivity contribution in [1.29, 1.82) is 0 Å². The SMILES string of the molecule is Oc1ccc(-n2nnnc2S)cc1.[NaH]. The van der Waals surface area contributed by atoms with Crippen LogP contribution in [0.2, 0.25) is 0 Å². The third-order valence-corrected chi connectivity index (χ3v) is 1.83. The fourth-order valence-corrected chi connectivity index (χ4v) is 1.14. The summed E-state index contributed by atoms with van der Waals surface area (Å²) in [7, 11) is 0. The summed E-state index contributed by atoms with van der Waals surface area (Å²) in [5.74, 6) is 0.206. The van der Waals surface area contributed by atoms with Crippen LogP contribution in [0.1, 0.15) is 0 Å². The summed E-state index contributed by atoms with van der Waals surface area (Å²) in [5, 5.41) is 20.2. The van der Waals surface area contributed by atoms with E-state index in [9.17, 15) is 0 Å². The Morgan fingerprint density at radius 2 is 1.86 bits per heavy atom. The van der Waals surface area contributed by atoms with Crippen LogP contribution in [-0.2, 0) is 0 Å². The number of phenols is 1. The second kappa shape index (κ2) is 4.79. The van der Waals surface area contributed by atoms with Crippen LogP contribution in [0.3, 0.4) is 0 Å². The van der Waals surface area contributed by atoms with Gasteiger partial charge in [0, 0.05) is 0 Å². The van der Waals surface area contributed by atoms with Crippen LogP contribution in [0.25, 0.3) is 5.69 Å². The van der Waals surface area contributed by atoms with Gasteiger partial charge in [-0.25, -0.2) is 0 Å². The number of nitrogens with zero attached hydrogens (tertiary/aromatic N) is 4. The maximum absolute atomic E-state index is 9.04. The number of hydrogen-bond acceptors (Lipinski definition) is 5. The predicted molar refractivity (Wildman–Crippen MR) is 55.2 cm³/mol. The van der Waals surface area contributed by atoms with Gasteiger partial charge >= 0.3 is 29.6 Å². The van der Waals surface area contributed by atoms with E-state index in [4.69, 9.17) is 5.11 Å². The molecule has 0 unspecified atom stereocenters. The molecule has 0 spiro atoms. The molecule has 0 aliphatic carbocycles. The molecule has 7 heteroatoms. The van der Waals surface area contributed by atoms with Gasteiger partial charge in [0.05, 0.1) is 5.69 Å². The van der Waals surface area contributed by atoms with Crippen LogP contribution in [-0.4, -0.2) is 54.9 Å². The second-order valence-electron chi connectivity index (χ2n) is 2.41. The Morgan fingerprint density at radius 1 is 1.21 bits per heavy atom. The maximum atomic E-state index is 9.04. The summed E-state index contributed by atoms with van der Waals surface area (Å²) in [6, 6.07) is 6.52. The molecule has 2 rings (SSSR count). The van der Waals surface area contributed by atoms with Crippen LogP contribution in [0.5, 0.6) is 5.75 Å². The minimum atomic E-state index is 0. The number of hydrogen-bond donors (Lipinski definition) is 2. The van der Waals surface area contributed by atoms with Gasteiger partial charge in [0.25, 0.3) is 0 Å². The number of benzene rings is 1. The van der Waals surface area contributed by atoms with Crippen molar-refractivity contribution in [3.05, 3.63) is 24.3 Å². The third kappa shape index (κ3) is 2.27. The fraction of sp³-hybridized carbons (Fsp3) is 0. The molecule has 0 fully saturated rings. The second-order valence-corrected chi connectivity index (χ2v) is 2.81. The number of tetrazole rings is 1. The monoisotopic (exact) mass is 218 g/mol. The van der Waals surface area contributed by atoms with Crippen molar-refractivity contribution in [2.75, 3.05) is 0 Å². The van der Waals surface area contributed by atoms with Crippen molar-refractivity contribution in [3.8, 4) is 11.4 Å². The molecule has 0 atom stereocenters. The van der Waals surface area contributed by atoms with Gasteiger partial charge in [0.2, 0.25) is 5.16 Å². The number of rotatable bonds is 1. The molecule has 0 bridgehead atoms. The Hall–Kier alpha value is -0.560. The van der Waals surface area contributed by atoms with Crippen LogP contribution in [0, 0.1) is 0 Å². The average molecular weight is 218 g/mol. The molecule has 68 valence electrons. The first-order valence-corrected chi connectivity index (χ1v) is 3.99. The molecule has 2 aromatic rings. The molecule has 0 aliphatic rings. The fourth-order valence-electron chi connectivity index (χ4n) is 0.943. The molecule has 5 nitrogen and oxygen atoms in total. The molecule has 1 aromatic carbocycles. The minimum absolute atomic E-state index is 0. The molecule has 0 saturated carbocycles. The summed E-state index contributed by atoms with van der Waals surface area (Å²) < 4.78 is 1.46. The van der Waals surface area contributed by atoms with E-state index in [1.807, 2.05) is 0 Å². The van der Waals surface area contributed by atoms with Gasteiger partial charge in [-0.1, -0.05) is 0 Å².